The van der Waals surface area contributed by atoms with Crippen molar-refractivity contribution in [3.63, 3.8) is 0 Å². The Hall–Kier alpha value is -0.570. The summed E-state index contributed by atoms with van der Waals surface area (Å²) in [5.74, 6) is 1.08. The summed E-state index contributed by atoms with van der Waals surface area (Å²) >= 11 is 0. The highest BCUT2D eigenvalue weighted by Crippen LogP contribution is 2.11. The number of hydrogen-bond donors (Lipinski definition) is 2. The van der Waals surface area contributed by atoms with Crippen LogP contribution in [0.25, 0.3) is 0 Å². The van der Waals surface area contributed by atoms with Gasteiger partial charge in [0.15, 0.2) is 0 Å². The van der Waals surface area contributed by atoms with Gasteiger partial charge >= 0.3 is 0 Å². The normalized spacial score (nSPS) is 14.7. The summed E-state index contributed by atoms with van der Waals surface area (Å²) in [6.45, 7) is 9.33. The summed E-state index contributed by atoms with van der Waals surface area (Å²) in [6, 6.07) is -0.348. The molecule has 0 radical (unpaired) electrons. The molecule has 0 aliphatic carbocycles. The minimum atomic E-state index is -0.348. The standard InChI is InChI=1S/C14H30N2O/c1-5-7-8-12(6-2)10-16-14(17)13(15)9-11(3)4/h11-13H,5-10,15H2,1-4H3,(H,16,17)/t12?,13-/m0/s1. The van der Waals surface area contributed by atoms with Gasteiger partial charge in [-0.3, -0.25) is 4.79 Å². The van der Waals surface area contributed by atoms with Gasteiger partial charge in [-0.15, -0.1) is 0 Å². The van der Waals surface area contributed by atoms with Crippen molar-refractivity contribution >= 4 is 5.91 Å². The van der Waals surface area contributed by atoms with Crippen molar-refractivity contribution in [3.05, 3.63) is 0 Å². The molecule has 3 nitrogen and oxygen atoms in total. The molecule has 0 aromatic carbocycles. The lowest BCUT2D eigenvalue weighted by Crippen LogP contribution is -2.43. The summed E-state index contributed by atoms with van der Waals surface area (Å²) < 4.78 is 0. The largest absolute Gasteiger partial charge is 0.354 e. The lowest BCUT2D eigenvalue weighted by atomic mass is 9.99. The molecule has 0 rings (SSSR count). The van der Waals surface area contributed by atoms with Crippen molar-refractivity contribution in [2.24, 2.45) is 17.6 Å². The topological polar surface area (TPSA) is 55.1 Å². The molecule has 3 N–H and O–H groups in total. The minimum absolute atomic E-state index is 0.00801. The van der Waals surface area contributed by atoms with Gasteiger partial charge in [0.05, 0.1) is 6.04 Å². The first-order valence-corrected chi connectivity index (χ1v) is 7.04. The third-order valence-corrected chi connectivity index (χ3v) is 3.17. The summed E-state index contributed by atoms with van der Waals surface area (Å²) in [6.07, 6.45) is 5.55. The molecule has 0 spiro atoms. The second kappa shape index (κ2) is 9.46. The molecule has 0 aliphatic heterocycles. The Labute approximate surface area is 107 Å². The van der Waals surface area contributed by atoms with Gasteiger partial charge in [0.2, 0.25) is 5.91 Å². The Morgan fingerprint density at radius 1 is 1.29 bits per heavy atom. The van der Waals surface area contributed by atoms with Crippen molar-refractivity contribution in [2.75, 3.05) is 6.54 Å². The van der Waals surface area contributed by atoms with Crippen LogP contribution in [0.2, 0.25) is 0 Å². The zero-order chi connectivity index (χ0) is 13.3. The van der Waals surface area contributed by atoms with Crippen LogP contribution in [0.15, 0.2) is 0 Å². The van der Waals surface area contributed by atoms with Crippen LogP contribution >= 0.6 is 0 Å². The van der Waals surface area contributed by atoms with E-state index in [9.17, 15) is 4.79 Å². The number of nitrogens with one attached hydrogen (secondary N) is 1. The Morgan fingerprint density at radius 3 is 2.41 bits per heavy atom. The van der Waals surface area contributed by atoms with E-state index >= 15 is 0 Å². The Balaban J connectivity index is 3.86. The summed E-state index contributed by atoms with van der Waals surface area (Å²) in [5, 5.41) is 2.98. The first-order chi connectivity index (χ1) is 8.01. The fourth-order valence-electron chi connectivity index (χ4n) is 1.93. The molecule has 17 heavy (non-hydrogen) atoms. The molecule has 1 amide bonds. The lowest BCUT2D eigenvalue weighted by molar-refractivity contribution is -0.122. The van der Waals surface area contributed by atoms with Gasteiger partial charge in [0.25, 0.3) is 0 Å². The third kappa shape index (κ3) is 8.19. The van der Waals surface area contributed by atoms with E-state index in [0.29, 0.717) is 11.8 Å². The van der Waals surface area contributed by atoms with E-state index < -0.39 is 0 Å². The summed E-state index contributed by atoms with van der Waals surface area (Å²) in [4.78, 5) is 11.7. The highest BCUT2D eigenvalue weighted by Gasteiger charge is 2.15. The van der Waals surface area contributed by atoms with Crippen LogP contribution in [0, 0.1) is 11.8 Å². The SMILES string of the molecule is CCCCC(CC)CNC(=O)[C@@H](N)CC(C)C. The molecule has 0 fully saturated rings. The van der Waals surface area contributed by atoms with E-state index in [4.69, 9.17) is 5.73 Å². The number of rotatable bonds is 9. The predicted molar refractivity (Wildman–Crippen MR) is 73.7 cm³/mol. The molecule has 1 unspecified atom stereocenters. The molecular formula is C14H30N2O. The van der Waals surface area contributed by atoms with Crippen LogP contribution in [0.3, 0.4) is 0 Å². The maximum atomic E-state index is 11.7. The first-order valence-electron chi connectivity index (χ1n) is 7.04. The molecule has 102 valence electrons. The molecule has 0 bridgehead atoms. The number of amides is 1. The molecular weight excluding hydrogens is 212 g/mol. The van der Waals surface area contributed by atoms with Gasteiger partial charge < -0.3 is 11.1 Å². The maximum Gasteiger partial charge on any atom is 0.236 e. The molecule has 2 atom stereocenters. The third-order valence-electron chi connectivity index (χ3n) is 3.17. The van der Waals surface area contributed by atoms with Crippen LogP contribution in [-0.2, 0) is 4.79 Å². The van der Waals surface area contributed by atoms with E-state index in [1.54, 1.807) is 0 Å². The number of nitrogens with two attached hydrogens (primary N) is 1. The fraction of sp³-hybridized carbons (Fsp3) is 0.929. The van der Waals surface area contributed by atoms with E-state index in [-0.39, 0.29) is 11.9 Å². The molecule has 0 aromatic rings. The van der Waals surface area contributed by atoms with Crippen molar-refractivity contribution in [1.29, 1.82) is 0 Å². The Bertz CT molecular complexity index is 204. The zero-order valence-corrected chi connectivity index (χ0v) is 12.0. The van der Waals surface area contributed by atoms with Crippen molar-refractivity contribution in [1.82, 2.24) is 5.32 Å². The number of carbonyl (C=O) groups excluding carboxylic acids is 1. The van der Waals surface area contributed by atoms with E-state index in [1.807, 2.05) is 0 Å². The average Bonchev–Trinajstić information content (AvgIpc) is 2.28. The second-order valence-corrected chi connectivity index (χ2v) is 5.40. The van der Waals surface area contributed by atoms with Gasteiger partial charge in [-0.25, -0.2) is 0 Å². The molecule has 0 heterocycles. The zero-order valence-electron chi connectivity index (χ0n) is 12.0. The highest BCUT2D eigenvalue weighted by molar-refractivity contribution is 5.81. The van der Waals surface area contributed by atoms with Crippen LogP contribution < -0.4 is 11.1 Å². The van der Waals surface area contributed by atoms with Crippen LogP contribution in [0.1, 0.15) is 59.8 Å². The van der Waals surface area contributed by atoms with Gasteiger partial charge in [-0.2, -0.15) is 0 Å². The Morgan fingerprint density at radius 2 is 1.94 bits per heavy atom. The number of hydrogen-bond acceptors (Lipinski definition) is 2. The number of carbonyl (C=O) groups is 1. The van der Waals surface area contributed by atoms with Crippen LogP contribution in [-0.4, -0.2) is 18.5 Å². The van der Waals surface area contributed by atoms with Gasteiger partial charge in [-0.1, -0.05) is 47.0 Å². The predicted octanol–water partition coefficient (Wildman–Crippen LogP) is 2.69. The van der Waals surface area contributed by atoms with E-state index in [2.05, 4.69) is 33.0 Å². The van der Waals surface area contributed by atoms with Crippen LogP contribution in [0.4, 0.5) is 0 Å². The van der Waals surface area contributed by atoms with Gasteiger partial charge in [0.1, 0.15) is 0 Å². The smallest absolute Gasteiger partial charge is 0.236 e. The lowest BCUT2D eigenvalue weighted by Gasteiger charge is -2.18. The summed E-state index contributed by atoms with van der Waals surface area (Å²) in [7, 11) is 0. The molecule has 0 saturated heterocycles. The van der Waals surface area contributed by atoms with Crippen molar-refractivity contribution in [3.8, 4) is 0 Å². The number of unbranched alkanes of at least 4 members (excludes halogenated alkanes) is 1. The first kappa shape index (κ1) is 16.4. The van der Waals surface area contributed by atoms with Gasteiger partial charge in [0, 0.05) is 6.54 Å². The van der Waals surface area contributed by atoms with Gasteiger partial charge in [-0.05, 0) is 24.7 Å². The van der Waals surface area contributed by atoms with E-state index in [1.165, 1.54) is 19.3 Å². The van der Waals surface area contributed by atoms with E-state index in [0.717, 1.165) is 19.4 Å². The van der Waals surface area contributed by atoms with Crippen LogP contribution in [0.5, 0.6) is 0 Å². The molecule has 0 aliphatic rings. The maximum absolute atomic E-state index is 11.7. The van der Waals surface area contributed by atoms with Crippen molar-refractivity contribution in [2.45, 2.75) is 65.8 Å². The monoisotopic (exact) mass is 242 g/mol. The fourth-order valence-corrected chi connectivity index (χ4v) is 1.93. The summed E-state index contributed by atoms with van der Waals surface area (Å²) in [5.41, 5.74) is 5.83. The Kier molecular flexibility index (Phi) is 9.14. The molecule has 0 aromatic heterocycles. The average molecular weight is 242 g/mol. The second-order valence-electron chi connectivity index (χ2n) is 5.40. The molecule has 3 heteroatoms. The quantitative estimate of drug-likeness (QED) is 0.653. The minimum Gasteiger partial charge on any atom is -0.354 e. The van der Waals surface area contributed by atoms with Crippen molar-refractivity contribution < 1.29 is 4.79 Å². The molecule has 0 saturated carbocycles. The highest BCUT2D eigenvalue weighted by atomic mass is 16.2.